The van der Waals surface area contributed by atoms with E-state index in [0.717, 1.165) is 24.1 Å². The maximum atomic E-state index is 14.3. The Hall–Kier alpha value is -3.67. The number of thiazole rings is 1. The third-order valence-electron chi connectivity index (χ3n) is 6.14. The normalized spacial score (nSPS) is 18.5. The second-order valence-electron chi connectivity index (χ2n) is 8.38. The highest BCUT2D eigenvalue weighted by atomic mass is 32.1. The number of hydrogen-bond donors (Lipinski definition) is 4. The molecule has 3 amide bonds. The van der Waals surface area contributed by atoms with Crippen LogP contribution in [0.25, 0.3) is 10.7 Å². The summed E-state index contributed by atoms with van der Waals surface area (Å²) in [6, 6.07) is 5.79. The number of pyridine rings is 1. The van der Waals surface area contributed by atoms with Crippen LogP contribution in [0.2, 0.25) is 0 Å². The average Bonchev–Trinajstić information content (AvgIpc) is 3.47. The highest BCUT2D eigenvalue weighted by Crippen LogP contribution is 2.43. The summed E-state index contributed by atoms with van der Waals surface area (Å²) in [7, 11) is 0. The van der Waals surface area contributed by atoms with Gasteiger partial charge >= 0.3 is 6.03 Å². The van der Waals surface area contributed by atoms with Gasteiger partial charge in [0.25, 0.3) is 0 Å². The summed E-state index contributed by atoms with van der Waals surface area (Å²) in [5, 5.41) is 20.4. The molecule has 2 aliphatic rings. The number of urea groups is 1. The predicted octanol–water partition coefficient (Wildman–Crippen LogP) is 1.97. The molecule has 12 heteroatoms. The molecule has 176 valence electrons. The quantitative estimate of drug-likeness (QED) is 0.386. The summed E-state index contributed by atoms with van der Waals surface area (Å²) in [5.74, 6) is 0.0758. The molecule has 1 atom stereocenters. The standard InChI is InChI=1S/C22H23FN8O2S/c23-14-3-1-8-24-18(14)22(6-2-7-22)12-28-17-5-4-15(30-31-17)20-26-10-13(34-20)9-25-19(32)16-11-27-21(33)29-16/h1,3-5,8,10,16H,2,6-7,9,11-12H2,(H,25,32)(H,28,31)(H2,27,29,33). The SMILES string of the molecule is O=C1NCC(C(=O)NCc2cnc(-c3ccc(NCC4(c5ncccc5F)CCC4)nn3)s2)N1. The van der Waals surface area contributed by atoms with Crippen LogP contribution < -0.4 is 21.3 Å². The molecule has 1 aliphatic heterocycles. The number of hydrogen-bond acceptors (Lipinski definition) is 8. The minimum atomic E-state index is -0.570. The van der Waals surface area contributed by atoms with Crippen molar-refractivity contribution in [2.75, 3.05) is 18.4 Å². The molecule has 3 aromatic rings. The van der Waals surface area contributed by atoms with Crippen molar-refractivity contribution in [3.63, 3.8) is 0 Å². The molecule has 34 heavy (non-hydrogen) atoms. The van der Waals surface area contributed by atoms with Gasteiger partial charge in [0.15, 0.2) is 0 Å². The fourth-order valence-corrected chi connectivity index (χ4v) is 4.91. The van der Waals surface area contributed by atoms with Gasteiger partial charge in [-0.25, -0.2) is 14.2 Å². The fourth-order valence-electron chi connectivity index (χ4n) is 4.10. The molecule has 1 saturated heterocycles. The Morgan fingerprint density at radius 2 is 2.12 bits per heavy atom. The molecule has 0 spiro atoms. The molecule has 0 aromatic carbocycles. The van der Waals surface area contributed by atoms with Crippen LogP contribution in [0.5, 0.6) is 0 Å². The van der Waals surface area contributed by atoms with Gasteiger partial charge in [-0.2, -0.15) is 0 Å². The first-order valence-corrected chi connectivity index (χ1v) is 11.8. The van der Waals surface area contributed by atoms with Crippen LogP contribution in [0.3, 0.4) is 0 Å². The molecular formula is C22H23FN8O2S. The van der Waals surface area contributed by atoms with Crippen molar-refractivity contribution in [2.24, 2.45) is 0 Å². The first kappa shape index (κ1) is 22.1. The maximum absolute atomic E-state index is 14.3. The molecular weight excluding hydrogens is 459 g/mol. The Labute approximate surface area is 198 Å². The largest absolute Gasteiger partial charge is 0.368 e. The average molecular weight is 483 g/mol. The topological polar surface area (TPSA) is 134 Å². The van der Waals surface area contributed by atoms with Gasteiger partial charge in [-0.15, -0.1) is 21.5 Å². The molecule has 1 aliphatic carbocycles. The van der Waals surface area contributed by atoms with Crippen molar-refractivity contribution in [1.82, 2.24) is 36.1 Å². The zero-order chi connectivity index (χ0) is 23.5. The van der Waals surface area contributed by atoms with Crippen LogP contribution in [0.15, 0.2) is 36.7 Å². The number of halogens is 1. The van der Waals surface area contributed by atoms with Gasteiger partial charge in [-0.1, -0.05) is 6.42 Å². The highest BCUT2D eigenvalue weighted by Gasteiger charge is 2.41. The minimum absolute atomic E-state index is 0.252. The molecule has 4 heterocycles. The summed E-state index contributed by atoms with van der Waals surface area (Å²) in [6.07, 6.45) is 6.11. The number of anilines is 1. The van der Waals surface area contributed by atoms with Crippen molar-refractivity contribution in [3.05, 3.63) is 53.0 Å². The molecule has 5 rings (SSSR count). The summed E-state index contributed by atoms with van der Waals surface area (Å²) in [4.78, 5) is 32.8. The first-order chi connectivity index (χ1) is 16.5. The van der Waals surface area contributed by atoms with Crippen LogP contribution in [-0.4, -0.2) is 51.2 Å². The molecule has 10 nitrogen and oxygen atoms in total. The summed E-state index contributed by atoms with van der Waals surface area (Å²) in [6.45, 7) is 1.11. The molecule has 3 aromatic heterocycles. The number of nitrogens with zero attached hydrogens (tertiary/aromatic N) is 4. The van der Waals surface area contributed by atoms with E-state index in [2.05, 4.69) is 41.4 Å². The van der Waals surface area contributed by atoms with E-state index in [1.807, 2.05) is 12.1 Å². The minimum Gasteiger partial charge on any atom is -0.368 e. The fraction of sp³-hybridized carbons (Fsp3) is 0.364. The maximum Gasteiger partial charge on any atom is 0.315 e. The lowest BCUT2D eigenvalue weighted by molar-refractivity contribution is -0.122. The molecule has 0 bridgehead atoms. The lowest BCUT2D eigenvalue weighted by Gasteiger charge is -2.41. The van der Waals surface area contributed by atoms with Crippen LogP contribution in [-0.2, 0) is 16.8 Å². The first-order valence-electron chi connectivity index (χ1n) is 11.0. The Morgan fingerprint density at radius 1 is 1.24 bits per heavy atom. The van der Waals surface area contributed by atoms with Gasteiger partial charge in [-0.05, 0) is 37.1 Å². The second-order valence-corrected chi connectivity index (χ2v) is 9.50. The number of carbonyl (C=O) groups excluding carboxylic acids is 2. The lowest BCUT2D eigenvalue weighted by atomic mass is 9.66. The van der Waals surface area contributed by atoms with E-state index in [1.165, 1.54) is 17.4 Å². The van der Waals surface area contributed by atoms with Crippen LogP contribution in [0.4, 0.5) is 15.0 Å². The Bertz CT molecular complexity index is 1200. The monoisotopic (exact) mass is 482 g/mol. The van der Waals surface area contributed by atoms with Crippen molar-refractivity contribution in [3.8, 4) is 10.7 Å². The number of carbonyl (C=O) groups is 2. The van der Waals surface area contributed by atoms with Crippen LogP contribution in [0, 0.1) is 5.82 Å². The van der Waals surface area contributed by atoms with Crippen LogP contribution >= 0.6 is 11.3 Å². The van der Waals surface area contributed by atoms with Crippen molar-refractivity contribution in [1.29, 1.82) is 0 Å². The van der Waals surface area contributed by atoms with E-state index in [4.69, 9.17) is 0 Å². The van der Waals surface area contributed by atoms with E-state index in [9.17, 15) is 14.0 Å². The van der Waals surface area contributed by atoms with E-state index < -0.39 is 6.04 Å². The van der Waals surface area contributed by atoms with Gasteiger partial charge < -0.3 is 21.3 Å². The van der Waals surface area contributed by atoms with E-state index in [1.54, 1.807) is 18.5 Å². The van der Waals surface area contributed by atoms with Crippen molar-refractivity contribution in [2.45, 2.75) is 37.3 Å². The number of rotatable bonds is 8. The molecule has 0 radical (unpaired) electrons. The van der Waals surface area contributed by atoms with Gasteiger partial charge in [0.1, 0.15) is 28.4 Å². The zero-order valence-corrected chi connectivity index (χ0v) is 19.0. The number of aromatic nitrogens is 4. The summed E-state index contributed by atoms with van der Waals surface area (Å²) < 4.78 is 14.3. The highest BCUT2D eigenvalue weighted by molar-refractivity contribution is 7.15. The molecule has 1 saturated carbocycles. The van der Waals surface area contributed by atoms with Gasteiger partial charge in [0, 0.05) is 35.8 Å². The summed E-state index contributed by atoms with van der Waals surface area (Å²) >= 11 is 1.40. The number of nitrogens with one attached hydrogen (secondary N) is 4. The lowest BCUT2D eigenvalue weighted by Crippen LogP contribution is -2.42. The smallest absolute Gasteiger partial charge is 0.315 e. The predicted molar refractivity (Wildman–Crippen MR) is 124 cm³/mol. The molecule has 1 unspecified atom stereocenters. The van der Waals surface area contributed by atoms with E-state index >= 15 is 0 Å². The third-order valence-corrected chi connectivity index (χ3v) is 7.16. The van der Waals surface area contributed by atoms with E-state index in [-0.39, 0.29) is 29.7 Å². The Balaban J connectivity index is 1.17. The number of amides is 3. The Kier molecular flexibility index (Phi) is 6.05. The van der Waals surface area contributed by atoms with Crippen LogP contribution in [0.1, 0.15) is 29.8 Å². The van der Waals surface area contributed by atoms with Gasteiger partial charge in [0.2, 0.25) is 5.91 Å². The molecule has 4 N–H and O–H groups in total. The summed E-state index contributed by atoms with van der Waals surface area (Å²) in [5.41, 5.74) is 0.805. The van der Waals surface area contributed by atoms with Crippen molar-refractivity contribution < 1.29 is 14.0 Å². The van der Waals surface area contributed by atoms with E-state index in [0.29, 0.717) is 35.3 Å². The molecule has 2 fully saturated rings. The Morgan fingerprint density at radius 3 is 2.79 bits per heavy atom. The third kappa shape index (κ3) is 4.53. The zero-order valence-electron chi connectivity index (χ0n) is 18.2. The second kappa shape index (κ2) is 9.29. The van der Waals surface area contributed by atoms with Crippen molar-refractivity contribution >= 4 is 29.1 Å². The van der Waals surface area contributed by atoms with Gasteiger partial charge in [0.05, 0.1) is 12.2 Å². The van der Waals surface area contributed by atoms with Gasteiger partial charge in [-0.3, -0.25) is 9.78 Å².